The normalized spacial score (nSPS) is 28.6. The molecule has 0 spiro atoms. The van der Waals surface area contributed by atoms with E-state index in [1.54, 1.807) is 0 Å². The average Bonchev–Trinajstić information content (AvgIpc) is 2.91. The molecule has 2 aliphatic rings. The van der Waals surface area contributed by atoms with Crippen LogP contribution in [0, 0.1) is 6.92 Å². The van der Waals surface area contributed by atoms with Crippen molar-refractivity contribution in [3.63, 3.8) is 0 Å². The fraction of sp³-hybridized carbons (Fsp3) is 0.632. The smallest absolute Gasteiger partial charge is 0.252 e. The second kappa shape index (κ2) is 7.45. The highest BCUT2D eigenvalue weighted by Gasteiger charge is 2.36. The third-order valence-corrected chi connectivity index (χ3v) is 5.11. The van der Waals surface area contributed by atoms with Gasteiger partial charge in [0.2, 0.25) is 0 Å². The van der Waals surface area contributed by atoms with Gasteiger partial charge >= 0.3 is 0 Å². The van der Waals surface area contributed by atoms with Gasteiger partial charge in [-0.15, -0.1) is 0 Å². The number of hydrogen-bond acceptors (Lipinski definition) is 3. The topological polar surface area (TPSA) is 55.6 Å². The lowest BCUT2D eigenvalue weighted by Crippen LogP contribution is -2.42. The Morgan fingerprint density at radius 3 is 2.87 bits per heavy atom. The Labute approximate surface area is 139 Å². The lowest BCUT2D eigenvalue weighted by molar-refractivity contribution is -0.145. The van der Waals surface area contributed by atoms with Gasteiger partial charge in [0.1, 0.15) is 6.10 Å². The minimum atomic E-state index is -0.297. The number of rotatable bonds is 3. The Bertz CT molecular complexity index is 546. The Morgan fingerprint density at radius 1 is 1.26 bits per heavy atom. The Balaban J connectivity index is 1.80. The number of amides is 1. The number of likely N-dealkylation sites (tertiary alicyclic amines) is 1. The van der Waals surface area contributed by atoms with E-state index in [4.69, 9.17) is 10.5 Å². The van der Waals surface area contributed by atoms with Crippen LogP contribution in [0.2, 0.25) is 0 Å². The molecule has 2 N–H and O–H groups in total. The van der Waals surface area contributed by atoms with Crippen LogP contribution in [0.15, 0.2) is 24.3 Å². The summed E-state index contributed by atoms with van der Waals surface area (Å²) in [6.45, 7) is 3.45. The molecule has 1 aromatic carbocycles. The fourth-order valence-electron chi connectivity index (χ4n) is 3.84. The average molecular weight is 316 g/mol. The first-order valence-corrected chi connectivity index (χ1v) is 8.91. The van der Waals surface area contributed by atoms with E-state index in [2.05, 4.69) is 36.1 Å². The summed E-state index contributed by atoms with van der Waals surface area (Å²) in [4.78, 5) is 15.1. The van der Waals surface area contributed by atoms with E-state index >= 15 is 0 Å². The van der Waals surface area contributed by atoms with Crippen molar-refractivity contribution in [3.05, 3.63) is 35.4 Å². The van der Waals surface area contributed by atoms with E-state index < -0.39 is 0 Å². The fourth-order valence-corrected chi connectivity index (χ4v) is 3.84. The SMILES string of the molecule is Cc1cccc(C2CCCCCN2C(=O)[C@@H]2CC[C@H](CN)O2)c1. The summed E-state index contributed by atoms with van der Waals surface area (Å²) < 4.78 is 5.86. The van der Waals surface area contributed by atoms with Crippen LogP contribution in [0.4, 0.5) is 0 Å². The van der Waals surface area contributed by atoms with E-state index in [-0.39, 0.29) is 24.2 Å². The van der Waals surface area contributed by atoms with Crippen molar-refractivity contribution in [2.45, 2.75) is 63.7 Å². The van der Waals surface area contributed by atoms with Crippen molar-refractivity contribution in [2.75, 3.05) is 13.1 Å². The Kier molecular flexibility index (Phi) is 5.34. The molecular weight excluding hydrogens is 288 g/mol. The highest BCUT2D eigenvalue weighted by molar-refractivity contribution is 5.81. The number of hydrogen-bond donors (Lipinski definition) is 1. The number of ether oxygens (including phenoxy) is 1. The molecule has 4 nitrogen and oxygen atoms in total. The summed E-state index contributed by atoms with van der Waals surface area (Å²) in [5.41, 5.74) is 8.19. The van der Waals surface area contributed by atoms with Crippen LogP contribution in [0.25, 0.3) is 0 Å². The summed E-state index contributed by atoms with van der Waals surface area (Å²) in [6, 6.07) is 8.76. The van der Waals surface area contributed by atoms with Gasteiger partial charge in [0, 0.05) is 13.1 Å². The van der Waals surface area contributed by atoms with Crippen LogP contribution < -0.4 is 5.73 Å². The van der Waals surface area contributed by atoms with Crippen molar-refractivity contribution in [2.24, 2.45) is 5.73 Å². The van der Waals surface area contributed by atoms with E-state index in [0.29, 0.717) is 6.54 Å². The standard InChI is InChI=1S/C19H28N2O2/c1-14-6-5-7-15(12-14)17-8-3-2-4-11-21(17)19(22)18-10-9-16(13-20)23-18/h5-7,12,16-18H,2-4,8-11,13,20H2,1H3/t16-,17?,18+/m1/s1. The molecule has 2 saturated heterocycles. The Morgan fingerprint density at radius 2 is 2.13 bits per heavy atom. The molecule has 2 aliphatic heterocycles. The highest BCUT2D eigenvalue weighted by Crippen LogP contribution is 2.33. The minimum Gasteiger partial charge on any atom is -0.364 e. The lowest BCUT2D eigenvalue weighted by Gasteiger charge is -2.32. The highest BCUT2D eigenvalue weighted by atomic mass is 16.5. The van der Waals surface area contributed by atoms with Gasteiger partial charge in [0.05, 0.1) is 12.1 Å². The predicted molar refractivity (Wildman–Crippen MR) is 91.1 cm³/mol. The molecule has 1 amide bonds. The van der Waals surface area contributed by atoms with Gasteiger partial charge in [-0.3, -0.25) is 4.79 Å². The van der Waals surface area contributed by atoms with Crippen molar-refractivity contribution in [1.29, 1.82) is 0 Å². The summed E-state index contributed by atoms with van der Waals surface area (Å²) in [6.07, 6.45) is 5.96. The van der Waals surface area contributed by atoms with Gasteiger partial charge in [-0.1, -0.05) is 42.7 Å². The van der Waals surface area contributed by atoms with Crippen LogP contribution in [-0.2, 0) is 9.53 Å². The second-order valence-electron chi connectivity index (χ2n) is 6.87. The molecule has 0 aromatic heterocycles. The summed E-state index contributed by atoms with van der Waals surface area (Å²) in [5, 5.41) is 0. The first-order valence-electron chi connectivity index (χ1n) is 8.91. The number of aryl methyl sites for hydroxylation is 1. The van der Waals surface area contributed by atoms with Crippen LogP contribution >= 0.6 is 0 Å². The molecule has 3 rings (SSSR count). The van der Waals surface area contributed by atoms with Crippen LogP contribution in [0.3, 0.4) is 0 Å². The van der Waals surface area contributed by atoms with Crippen molar-refractivity contribution < 1.29 is 9.53 Å². The second-order valence-corrected chi connectivity index (χ2v) is 6.87. The van der Waals surface area contributed by atoms with E-state index in [9.17, 15) is 4.79 Å². The molecule has 4 heteroatoms. The third-order valence-electron chi connectivity index (χ3n) is 5.11. The molecule has 0 aliphatic carbocycles. The number of carbonyl (C=O) groups is 1. The molecule has 0 bridgehead atoms. The maximum absolute atomic E-state index is 13.0. The molecule has 1 aromatic rings. The number of carbonyl (C=O) groups excluding carboxylic acids is 1. The molecular formula is C19H28N2O2. The maximum Gasteiger partial charge on any atom is 0.252 e. The predicted octanol–water partition coefficient (Wildman–Crippen LogP) is 2.95. The van der Waals surface area contributed by atoms with Gasteiger partial charge in [0.15, 0.2) is 0 Å². The number of nitrogens with two attached hydrogens (primary N) is 1. The monoisotopic (exact) mass is 316 g/mol. The van der Waals surface area contributed by atoms with Gasteiger partial charge in [-0.05, 0) is 38.2 Å². The molecule has 126 valence electrons. The van der Waals surface area contributed by atoms with Crippen molar-refractivity contribution in [3.8, 4) is 0 Å². The van der Waals surface area contributed by atoms with Crippen molar-refractivity contribution in [1.82, 2.24) is 4.90 Å². The molecule has 0 radical (unpaired) electrons. The summed E-state index contributed by atoms with van der Waals surface area (Å²) in [5.74, 6) is 0.161. The van der Waals surface area contributed by atoms with E-state index in [1.807, 2.05) is 0 Å². The van der Waals surface area contributed by atoms with Crippen molar-refractivity contribution >= 4 is 5.91 Å². The summed E-state index contributed by atoms with van der Waals surface area (Å²) in [7, 11) is 0. The zero-order valence-electron chi connectivity index (χ0n) is 14.0. The molecule has 1 unspecified atom stereocenters. The number of nitrogens with zero attached hydrogens (tertiary/aromatic N) is 1. The van der Waals surface area contributed by atoms with Crippen LogP contribution in [0.5, 0.6) is 0 Å². The molecule has 23 heavy (non-hydrogen) atoms. The summed E-state index contributed by atoms with van der Waals surface area (Å²) >= 11 is 0. The van der Waals surface area contributed by atoms with Gasteiger partial charge in [-0.25, -0.2) is 0 Å². The molecule has 3 atom stereocenters. The molecule has 2 heterocycles. The zero-order valence-corrected chi connectivity index (χ0v) is 14.0. The molecule has 2 fully saturated rings. The van der Waals surface area contributed by atoms with E-state index in [0.717, 1.165) is 32.2 Å². The maximum atomic E-state index is 13.0. The first-order chi connectivity index (χ1) is 11.2. The van der Waals surface area contributed by atoms with Crippen LogP contribution in [0.1, 0.15) is 55.7 Å². The quantitative estimate of drug-likeness (QED) is 0.933. The van der Waals surface area contributed by atoms with E-state index in [1.165, 1.54) is 24.0 Å². The lowest BCUT2D eigenvalue weighted by atomic mass is 9.98. The first kappa shape index (κ1) is 16.5. The molecule has 0 saturated carbocycles. The Hall–Kier alpha value is -1.39. The minimum absolute atomic E-state index is 0.0494. The van der Waals surface area contributed by atoms with Crippen LogP contribution in [-0.4, -0.2) is 36.1 Å². The van der Waals surface area contributed by atoms with Gasteiger partial charge < -0.3 is 15.4 Å². The van der Waals surface area contributed by atoms with Gasteiger partial charge in [0.25, 0.3) is 5.91 Å². The largest absolute Gasteiger partial charge is 0.364 e. The zero-order chi connectivity index (χ0) is 16.2. The number of benzene rings is 1. The van der Waals surface area contributed by atoms with Gasteiger partial charge in [-0.2, -0.15) is 0 Å². The third kappa shape index (κ3) is 3.75.